The molecule has 2 aromatic heterocycles. The first-order chi connectivity index (χ1) is 19.7. The van der Waals surface area contributed by atoms with Crippen molar-refractivity contribution in [3.63, 3.8) is 0 Å². The maximum atomic E-state index is 11.6. The van der Waals surface area contributed by atoms with Crippen LogP contribution in [-0.4, -0.2) is 52.7 Å². The summed E-state index contributed by atoms with van der Waals surface area (Å²) < 4.78 is 13.2. The maximum Gasteiger partial charge on any atom is 0.332 e. The van der Waals surface area contributed by atoms with Crippen LogP contribution in [0.1, 0.15) is 41.5 Å². The molecule has 4 rings (SSSR count). The Labute approximate surface area is 254 Å². The molecule has 220 valence electrons. The summed E-state index contributed by atoms with van der Waals surface area (Å²) in [6.45, 7) is 10.9. The monoisotopic (exact) mass is 610 g/mol. The van der Waals surface area contributed by atoms with E-state index in [2.05, 4.69) is 20.2 Å². The first kappa shape index (κ1) is 32.2. The lowest BCUT2D eigenvalue weighted by Crippen LogP contribution is -2.22. The van der Waals surface area contributed by atoms with Crippen molar-refractivity contribution in [1.29, 1.82) is 0 Å². The van der Waals surface area contributed by atoms with Crippen molar-refractivity contribution in [3.05, 3.63) is 83.4 Å². The van der Waals surface area contributed by atoms with E-state index in [4.69, 9.17) is 32.7 Å². The fraction of sp³-hybridized carbons (Fsp3) is 0.267. The first-order valence-electron chi connectivity index (χ1n) is 12.8. The zero-order chi connectivity index (χ0) is 30.9. The number of esters is 2. The number of halogens is 2. The second-order valence-electron chi connectivity index (χ2n) is 10.8. The van der Waals surface area contributed by atoms with Crippen LogP contribution in [0.15, 0.2) is 73.3 Å². The van der Waals surface area contributed by atoms with E-state index in [-0.39, 0.29) is 0 Å². The van der Waals surface area contributed by atoms with Gasteiger partial charge in [-0.3, -0.25) is 0 Å². The number of rotatable bonds is 6. The second kappa shape index (κ2) is 14.1. The zero-order valence-electron chi connectivity index (χ0n) is 24.2. The highest BCUT2D eigenvalue weighted by Gasteiger charge is 2.15. The third-order valence-corrected chi connectivity index (χ3v) is 5.19. The molecule has 0 amide bonds. The number of ether oxygens (including phenoxy) is 2. The van der Waals surface area contributed by atoms with Crippen molar-refractivity contribution in [2.24, 2.45) is 0 Å². The van der Waals surface area contributed by atoms with E-state index in [1.807, 2.05) is 65.8 Å². The van der Waals surface area contributed by atoms with Crippen LogP contribution in [0.2, 0.25) is 10.0 Å². The summed E-state index contributed by atoms with van der Waals surface area (Å²) in [5.41, 5.74) is 0.588. The van der Waals surface area contributed by atoms with Gasteiger partial charge in [-0.15, -0.1) is 10.2 Å². The SMILES string of the molecule is CC(C)(C)OC(=O)/C=C\n1cnc(-c2cccc(Cl)c2)n1.CC(C)(C)OC(=O)/C=C\n1cnc(-c2cccc(Cl)c2)n1. The molecule has 0 spiro atoms. The fourth-order valence-corrected chi connectivity index (χ4v) is 3.54. The molecule has 0 aliphatic carbocycles. The molecule has 0 aliphatic rings. The van der Waals surface area contributed by atoms with Crippen LogP contribution in [-0.2, 0) is 19.1 Å². The van der Waals surface area contributed by atoms with Crippen molar-refractivity contribution >= 4 is 47.5 Å². The summed E-state index contributed by atoms with van der Waals surface area (Å²) in [4.78, 5) is 31.5. The van der Waals surface area contributed by atoms with Crippen LogP contribution >= 0.6 is 23.2 Å². The average molecular weight is 612 g/mol. The Morgan fingerprint density at radius 2 is 1.07 bits per heavy atom. The molecule has 12 heteroatoms. The van der Waals surface area contributed by atoms with Crippen LogP contribution in [0.5, 0.6) is 0 Å². The Kier molecular flexibility index (Phi) is 10.8. The van der Waals surface area contributed by atoms with Crippen molar-refractivity contribution in [3.8, 4) is 22.8 Å². The molecule has 42 heavy (non-hydrogen) atoms. The Bertz CT molecular complexity index is 1460. The van der Waals surface area contributed by atoms with E-state index in [0.717, 1.165) is 11.1 Å². The lowest BCUT2D eigenvalue weighted by Gasteiger charge is -2.17. The van der Waals surface area contributed by atoms with Crippen LogP contribution in [0.4, 0.5) is 0 Å². The molecule has 0 N–H and O–H groups in total. The predicted molar refractivity (Wildman–Crippen MR) is 163 cm³/mol. The third-order valence-electron chi connectivity index (χ3n) is 4.72. The summed E-state index contributed by atoms with van der Waals surface area (Å²) in [7, 11) is 0. The molecule has 0 saturated carbocycles. The van der Waals surface area contributed by atoms with Crippen molar-refractivity contribution in [2.75, 3.05) is 0 Å². The number of aromatic nitrogens is 6. The van der Waals surface area contributed by atoms with Gasteiger partial charge in [0, 0.05) is 45.7 Å². The normalized spacial score (nSPS) is 11.8. The standard InChI is InChI=1S/2C15H16ClN3O2/c2*1-15(2,3)21-13(20)7-8-19-10-17-14(18-19)11-5-4-6-12(16)9-11/h2*4-10H,1-3H3/b2*8-7-. The lowest BCUT2D eigenvalue weighted by molar-refractivity contribution is -0.149. The Morgan fingerprint density at radius 3 is 1.40 bits per heavy atom. The second-order valence-corrected chi connectivity index (χ2v) is 11.7. The Balaban J connectivity index is 0.000000230. The van der Waals surface area contributed by atoms with Gasteiger partial charge in [-0.05, 0) is 65.8 Å². The number of nitrogens with zero attached hydrogens (tertiary/aromatic N) is 6. The molecule has 10 nitrogen and oxygen atoms in total. The summed E-state index contributed by atoms with van der Waals surface area (Å²) in [6, 6.07) is 14.5. The van der Waals surface area contributed by atoms with Gasteiger partial charge in [-0.2, -0.15) is 0 Å². The average Bonchev–Trinajstić information content (AvgIpc) is 3.55. The van der Waals surface area contributed by atoms with Crippen LogP contribution in [0.25, 0.3) is 35.2 Å². The van der Waals surface area contributed by atoms with Gasteiger partial charge in [0.25, 0.3) is 0 Å². The van der Waals surface area contributed by atoms with Gasteiger partial charge in [0.1, 0.15) is 23.9 Å². The van der Waals surface area contributed by atoms with Gasteiger partial charge >= 0.3 is 11.9 Å². The third kappa shape index (κ3) is 11.3. The molecule has 0 fully saturated rings. The van der Waals surface area contributed by atoms with E-state index in [0.29, 0.717) is 21.7 Å². The van der Waals surface area contributed by atoms with Gasteiger partial charge in [0.2, 0.25) is 0 Å². The molecule has 0 atom stereocenters. The largest absolute Gasteiger partial charge is 0.457 e. The topological polar surface area (TPSA) is 114 Å². The quantitative estimate of drug-likeness (QED) is 0.172. The van der Waals surface area contributed by atoms with Crippen LogP contribution in [0.3, 0.4) is 0 Å². The van der Waals surface area contributed by atoms with E-state index < -0.39 is 23.1 Å². The molecule has 0 radical (unpaired) electrons. The highest BCUT2D eigenvalue weighted by Crippen LogP contribution is 2.20. The highest BCUT2D eigenvalue weighted by atomic mass is 35.5. The van der Waals surface area contributed by atoms with Gasteiger partial charge in [0.05, 0.1) is 0 Å². The molecule has 2 heterocycles. The summed E-state index contributed by atoms with van der Waals surface area (Å²) in [5.74, 6) is 0.210. The van der Waals surface area contributed by atoms with Gasteiger partial charge < -0.3 is 9.47 Å². The minimum absolute atomic E-state index is 0.428. The Hall–Kier alpha value is -4.28. The molecular weight excluding hydrogens is 579 g/mol. The smallest absolute Gasteiger partial charge is 0.332 e. The summed E-state index contributed by atoms with van der Waals surface area (Å²) in [6.07, 6.45) is 8.63. The van der Waals surface area contributed by atoms with Crippen molar-refractivity contribution < 1.29 is 19.1 Å². The molecule has 0 bridgehead atoms. The van der Waals surface area contributed by atoms with E-state index >= 15 is 0 Å². The summed E-state index contributed by atoms with van der Waals surface area (Å²) in [5, 5.41) is 9.72. The Morgan fingerprint density at radius 1 is 0.690 bits per heavy atom. The van der Waals surface area contributed by atoms with Gasteiger partial charge in [-0.1, -0.05) is 47.5 Å². The first-order valence-corrected chi connectivity index (χ1v) is 13.6. The predicted octanol–water partition coefficient (Wildman–Crippen LogP) is 6.82. The minimum atomic E-state index is -0.518. The molecule has 0 aliphatic heterocycles. The zero-order valence-corrected chi connectivity index (χ0v) is 25.7. The minimum Gasteiger partial charge on any atom is -0.457 e. The molecule has 4 aromatic rings. The molecule has 2 aromatic carbocycles. The van der Waals surface area contributed by atoms with Crippen LogP contribution in [0, 0.1) is 0 Å². The van der Waals surface area contributed by atoms with E-state index in [1.54, 1.807) is 24.3 Å². The van der Waals surface area contributed by atoms with Crippen molar-refractivity contribution in [1.82, 2.24) is 29.5 Å². The molecule has 0 saturated heterocycles. The fourth-order valence-electron chi connectivity index (χ4n) is 3.16. The van der Waals surface area contributed by atoms with E-state index in [9.17, 15) is 9.59 Å². The number of hydrogen-bond acceptors (Lipinski definition) is 8. The van der Waals surface area contributed by atoms with Crippen LogP contribution < -0.4 is 0 Å². The molecular formula is C30H32Cl2N6O4. The highest BCUT2D eigenvalue weighted by molar-refractivity contribution is 6.31. The summed E-state index contributed by atoms with van der Waals surface area (Å²) >= 11 is 11.9. The number of carbonyl (C=O) groups excluding carboxylic acids is 2. The van der Waals surface area contributed by atoms with Gasteiger partial charge in [0.15, 0.2) is 11.6 Å². The van der Waals surface area contributed by atoms with Crippen molar-refractivity contribution in [2.45, 2.75) is 52.7 Å². The number of benzene rings is 2. The number of carbonyl (C=O) groups is 2. The maximum absolute atomic E-state index is 11.6. The van der Waals surface area contributed by atoms with E-state index in [1.165, 1.54) is 46.6 Å². The lowest BCUT2D eigenvalue weighted by atomic mass is 10.2. The number of hydrogen-bond donors (Lipinski definition) is 0. The molecule has 0 unspecified atom stereocenters. The van der Waals surface area contributed by atoms with Gasteiger partial charge in [-0.25, -0.2) is 28.9 Å².